The molecule has 6 nitrogen and oxygen atoms in total. The Morgan fingerprint density at radius 2 is 1.90 bits per heavy atom. The topological polar surface area (TPSA) is 99.3 Å². The van der Waals surface area contributed by atoms with Gasteiger partial charge in [0.1, 0.15) is 10.6 Å². The average Bonchev–Trinajstić information content (AvgIpc) is 2.86. The molecule has 1 aromatic heterocycles. The van der Waals surface area contributed by atoms with E-state index in [0.29, 0.717) is 10.6 Å². The Morgan fingerprint density at radius 1 is 1.24 bits per heavy atom. The predicted molar refractivity (Wildman–Crippen MR) is 79.8 cm³/mol. The number of hydrogen-bond donors (Lipinski definition) is 3. The molecule has 2 aromatic rings. The van der Waals surface area contributed by atoms with E-state index in [9.17, 15) is 13.2 Å². The number of aryl methyl sites for hydroxylation is 1. The zero-order chi connectivity index (χ0) is 15.8. The van der Waals surface area contributed by atoms with Crippen LogP contribution in [0.2, 0.25) is 10.0 Å². The summed E-state index contributed by atoms with van der Waals surface area (Å²) in [4.78, 5) is 12.9. The third-order valence-corrected chi connectivity index (χ3v) is 4.75. The number of benzene rings is 1. The highest BCUT2D eigenvalue weighted by atomic mass is 35.5. The minimum absolute atomic E-state index is 0.116. The second kappa shape index (κ2) is 5.59. The molecule has 9 heteroatoms. The van der Waals surface area contributed by atoms with Crippen molar-refractivity contribution in [2.75, 3.05) is 4.72 Å². The molecule has 0 saturated heterocycles. The number of sulfonamides is 1. The third-order valence-electron chi connectivity index (χ3n) is 2.69. The van der Waals surface area contributed by atoms with Gasteiger partial charge in [-0.25, -0.2) is 13.2 Å². The summed E-state index contributed by atoms with van der Waals surface area (Å²) in [6.45, 7) is 1.73. The molecule has 2 rings (SSSR count). The number of aromatic amines is 1. The first-order chi connectivity index (χ1) is 9.70. The molecule has 0 radical (unpaired) electrons. The van der Waals surface area contributed by atoms with Crippen LogP contribution in [0.3, 0.4) is 0 Å². The van der Waals surface area contributed by atoms with Crippen molar-refractivity contribution >= 4 is 44.9 Å². The molecule has 0 spiro atoms. The minimum atomic E-state index is -3.97. The van der Waals surface area contributed by atoms with E-state index in [0.717, 1.165) is 12.3 Å². The van der Waals surface area contributed by atoms with Crippen LogP contribution in [0, 0.1) is 6.92 Å². The number of carbonyl (C=O) groups is 1. The minimum Gasteiger partial charge on any atom is -0.477 e. The smallest absolute Gasteiger partial charge is 0.352 e. The first kappa shape index (κ1) is 15.7. The van der Waals surface area contributed by atoms with Gasteiger partial charge < -0.3 is 10.1 Å². The summed E-state index contributed by atoms with van der Waals surface area (Å²) in [6, 6.07) is 3.93. The van der Waals surface area contributed by atoms with E-state index in [2.05, 4.69) is 9.71 Å². The van der Waals surface area contributed by atoms with E-state index >= 15 is 0 Å². The fourth-order valence-corrected chi connectivity index (χ4v) is 3.13. The SMILES string of the molecule is Cc1cc(Cl)c(NS(=O)(=O)c2c[nH]c(C(=O)O)c2)cc1Cl. The molecule has 112 valence electrons. The number of carboxylic acids is 1. The second-order valence-electron chi connectivity index (χ2n) is 4.24. The van der Waals surface area contributed by atoms with Gasteiger partial charge in [0.25, 0.3) is 10.0 Å². The molecule has 0 aliphatic heterocycles. The summed E-state index contributed by atoms with van der Waals surface area (Å²) >= 11 is 11.9. The molecule has 0 atom stereocenters. The van der Waals surface area contributed by atoms with Gasteiger partial charge in [0, 0.05) is 11.2 Å². The van der Waals surface area contributed by atoms with Crippen molar-refractivity contribution in [2.45, 2.75) is 11.8 Å². The summed E-state index contributed by atoms with van der Waals surface area (Å²) in [5, 5.41) is 9.33. The summed E-state index contributed by atoms with van der Waals surface area (Å²) < 4.78 is 26.6. The van der Waals surface area contributed by atoms with Gasteiger partial charge in [-0.3, -0.25) is 4.72 Å². The van der Waals surface area contributed by atoms with Crippen LogP contribution < -0.4 is 4.72 Å². The van der Waals surface area contributed by atoms with Crippen LogP contribution in [0.15, 0.2) is 29.3 Å². The molecule has 0 fully saturated rings. The van der Waals surface area contributed by atoms with Crippen molar-refractivity contribution in [1.29, 1.82) is 0 Å². The maximum Gasteiger partial charge on any atom is 0.352 e. The number of carboxylic acid groups (broad SMARTS) is 1. The summed E-state index contributed by atoms with van der Waals surface area (Å²) in [5.74, 6) is -1.26. The number of hydrogen-bond acceptors (Lipinski definition) is 3. The normalized spacial score (nSPS) is 11.4. The van der Waals surface area contributed by atoms with Gasteiger partial charge in [-0.05, 0) is 30.7 Å². The molecule has 0 saturated carbocycles. The molecular weight excluding hydrogens is 339 g/mol. The number of aromatic nitrogens is 1. The van der Waals surface area contributed by atoms with Crippen LogP contribution in [0.1, 0.15) is 16.1 Å². The Bertz CT molecular complexity index is 815. The van der Waals surface area contributed by atoms with E-state index in [4.69, 9.17) is 28.3 Å². The highest BCUT2D eigenvalue weighted by molar-refractivity contribution is 7.92. The van der Waals surface area contributed by atoms with Gasteiger partial charge in [0.15, 0.2) is 0 Å². The van der Waals surface area contributed by atoms with Gasteiger partial charge in [0.2, 0.25) is 0 Å². The fraction of sp³-hybridized carbons (Fsp3) is 0.0833. The lowest BCUT2D eigenvalue weighted by atomic mass is 10.2. The van der Waals surface area contributed by atoms with Crippen LogP contribution in [0.25, 0.3) is 0 Å². The number of nitrogens with one attached hydrogen (secondary N) is 2. The molecule has 3 N–H and O–H groups in total. The zero-order valence-corrected chi connectivity index (χ0v) is 13.0. The average molecular weight is 349 g/mol. The standard InChI is InChI=1S/C12H10Cl2N2O4S/c1-6-2-9(14)10(4-8(6)13)16-21(19,20)7-3-11(12(17)18)15-5-7/h2-5,15-16H,1H3,(H,17,18). The Balaban J connectivity index is 2.37. The monoisotopic (exact) mass is 348 g/mol. The second-order valence-corrected chi connectivity index (χ2v) is 6.74. The van der Waals surface area contributed by atoms with Crippen LogP contribution in [-0.4, -0.2) is 24.5 Å². The maximum absolute atomic E-state index is 12.2. The van der Waals surface area contributed by atoms with E-state index in [1.807, 2.05) is 0 Å². The summed E-state index contributed by atoms with van der Waals surface area (Å²) in [7, 11) is -3.97. The van der Waals surface area contributed by atoms with Crippen LogP contribution in [-0.2, 0) is 10.0 Å². The number of anilines is 1. The molecule has 0 amide bonds. The zero-order valence-electron chi connectivity index (χ0n) is 10.6. The summed E-state index contributed by atoms with van der Waals surface area (Å²) in [6.07, 6.45) is 1.08. The number of rotatable bonds is 4. The van der Waals surface area contributed by atoms with Crippen molar-refractivity contribution < 1.29 is 18.3 Å². The Morgan fingerprint density at radius 3 is 2.48 bits per heavy atom. The molecule has 0 aliphatic carbocycles. The molecule has 0 unspecified atom stereocenters. The Hall–Kier alpha value is -1.70. The number of aromatic carboxylic acids is 1. The Labute approximate surface area is 130 Å². The predicted octanol–water partition coefficient (Wildman–Crippen LogP) is 3.13. The lowest BCUT2D eigenvalue weighted by Gasteiger charge is -2.10. The van der Waals surface area contributed by atoms with Crippen molar-refractivity contribution in [3.63, 3.8) is 0 Å². The van der Waals surface area contributed by atoms with Gasteiger partial charge in [-0.1, -0.05) is 23.2 Å². The van der Waals surface area contributed by atoms with Crippen LogP contribution in [0.5, 0.6) is 0 Å². The first-order valence-electron chi connectivity index (χ1n) is 5.61. The quantitative estimate of drug-likeness (QED) is 0.790. The summed E-state index contributed by atoms with van der Waals surface area (Å²) in [5.41, 5.74) is 0.591. The van der Waals surface area contributed by atoms with Crippen molar-refractivity contribution in [3.05, 3.63) is 45.7 Å². The number of halogens is 2. The molecule has 0 bridgehead atoms. The van der Waals surface area contributed by atoms with Crippen molar-refractivity contribution in [3.8, 4) is 0 Å². The van der Waals surface area contributed by atoms with Crippen molar-refractivity contribution in [2.24, 2.45) is 0 Å². The highest BCUT2D eigenvalue weighted by Gasteiger charge is 2.20. The molecule has 21 heavy (non-hydrogen) atoms. The highest BCUT2D eigenvalue weighted by Crippen LogP contribution is 2.30. The molecule has 0 aliphatic rings. The molecular formula is C12H10Cl2N2O4S. The van der Waals surface area contributed by atoms with Crippen LogP contribution >= 0.6 is 23.2 Å². The van der Waals surface area contributed by atoms with Gasteiger partial charge in [-0.2, -0.15) is 0 Å². The van der Waals surface area contributed by atoms with Gasteiger partial charge in [-0.15, -0.1) is 0 Å². The lowest BCUT2D eigenvalue weighted by Crippen LogP contribution is -2.12. The van der Waals surface area contributed by atoms with E-state index in [1.54, 1.807) is 6.92 Å². The molecule has 1 heterocycles. The van der Waals surface area contributed by atoms with E-state index in [-0.39, 0.29) is 21.3 Å². The first-order valence-corrected chi connectivity index (χ1v) is 7.85. The van der Waals surface area contributed by atoms with Crippen LogP contribution in [0.4, 0.5) is 5.69 Å². The number of H-pyrrole nitrogens is 1. The lowest BCUT2D eigenvalue weighted by molar-refractivity contribution is 0.0691. The maximum atomic E-state index is 12.2. The van der Waals surface area contributed by atoms with Gasteiger partial charge >= 0.3 is 5.97 Å². The van der Waals surface area contributed by atoms with E-state index in [1.165, 1.54) is 12.1 Å². The van der Waals surface area contributed by atoms with Gasteiger partial charge in [0.05, 0.1) is 10.7 Å². The Kier molecular flexibility index (Phi) is 4.18. The van der Waals surface area contributed by atoms with E-state index < -0.39 is 16.0 Å². The molecule has 1 aromatic carbocycles. The largest absolute Gasteiger partial charge is 0.477 e. The fourth-order valence-electron chi connectivity index (χ4n) is 1.58. The van der Waals surface area contributed by atoms with Crippen molar-refractivity contribution in [1.82, 2.24) is 4.98 Å². The third kappa shape index (κ3) is 3.31.